The number of methoxy groups -OCH3 is 1. The molecule has 1 aliphatic rings. The van der Waals surface area contributed by atoms with E-state index in [-0.39, 0.29) is 23.8 Å². The number of ether oxygens (including phenoxy) is 1. The predicted molar refractivity (Wildman–Crippen MR) is 122 cm³/mol. The van der Waals surface area contributed by atoms with Crippen LogP contribution in [0.4, 0.5) is 23.1 Å². The molecule has 4 rings (SSSR count). The number of aromatic nitrogens is 2. The highest BCUT2D eigenvalue weighted by Gasteiger charge is 2.35. The highest BCUT2D eigenvalue weighted by molar-refractivity contribution is 6.31. The molecular weight excluding hydrogens is 434 g/mol. The van der Waals surface area contributed by atoms with Crippen LogP contribution in [0.25, 0.3) is 0 Å². The van der Waals surface area contributed by atoms with Crippen LogP contribution in [-0.2, 0) is 9.59 Å². The van der Waals surface area contributed by atoms with Gasteiger partial charge in [0.15, 0.2) is 0 Å². The van der Waals surface area contributed by atoms with Gasteiger partial charge in [0.25, 0.3) is 5.56 Å². The number of aromatic amines is 1. The second kappa shape index (κ2) is 8.72. The Kier molecular flexibility index (Phi) is 5.83. The van der Waals surface area contributed by atoms with Gasteiger partial charge in [-0.05, 0) is 48.9 Å². The topological polar surface area (TPSA) is 125 Å². The second-order valence-corrected chi connectivity index (χ2v) is 7.64. The first kappa shape index (κ1) is 21.4. The number of carbonyl (C=O) groups excluding carboxylic acids is 2. The standard InChI is InChI=1S/C22H20ClN5O4/c1-11-15(23)4-3-5-16(11)25-20(30)14-10-17(29)26-19-18(14)21(31)28-22(27-19)24-12-6-8-13(32-2)9-7-12/h3-9,14H,10H2,1-2H3,(H,25,30)(H3,24,26,27,28,29,31). The van der Waals surface area contributed by atoms with Gasteiger partial charge in [-0.25, -0.2) is 0 Å². The maximum atomic E-state index is 13.0. The van der Waals surface area contributed by atoms with Crippen molar-refractivity contribution in [1.29, 1.82) is 0 Å². The first-order valence-corrected chi connectivity index (χ1v) is 10.1. The Balaban J connectivity index is 1.63. The van der Waals surface area contributed by atoms with Crippen molar-refractivity contribution < 1.29 is 14.3 Å². The lowest BCUT2D eigenvalue weighted by molar-refractivity contribution is -0.123. The Morgan fingerprint density at radius 1 is 1.19 bits per heavy atom. The number of rotatable bonds is 5. The highest BCUT2D eigenvalue weighted by Crippen LogP contribution is 2.31. The van der Waals surface area contributed by atoms with E-state index in [1.54, 1.807) is 56.5 Å². The van der Waals surface area contributed by atoms with E-state index in [1.165, 1.54) is 0 Å². The molecule has 0 aliphatic carbocycles. The number of nitrogens with zero attached hydrogens (tertiary/aromatic N) is 1. The number of fused-ring (bicyclic) bond motifs is 1. The molecule has 3 aromatic rings. The number of halogens is 1. The van der Waals surface area contributed by atoms with Crippen molar-refractivity contribution in [2.75, 3.05) is 23.1 Å². The van der Waals surface area contributed by atoms with Gasteiger partial charge in [-0.3, -0.25) is 19.4 Å². The summed E-state index contributed by atoms with van der Waals surface area (Å²) < 4.78 is 5.12. The molecule has 2 amide bonds. The molecule has 0 fully saturated rings. The molecule has 1 aromatic heterocycles. The Hall–Kier alpha value is -3.85. The Morgan fingerprint density at radius 2 is 1.94 bits per heavy atom. The molecule has 32 heavy (non-hydrogen) atoms. The number of hydrogen-bond donors (Lipinski definition) is 4. The minimum Gasteiger partial charge on any atom is -0.497 e. The molecule has 164 valence electrons. The molecule has 10 heteroatoms. The summed E-state index contributed by atoms with van der Waals surface area (Å²) >= 11 is 6.12. The third-order valence-electron chi connectivity index (χ3n) is 5.15. The van der Waals surface area contributed by atoms with Crippen LogP contribution >= 0.6 is 11.6 Å². The van der Waals surface area contributed by atoms with Crippen molar-refractivity contribution in [3.63, 3.8) is 0 Å². The van der Waals surface area contributed by atoms with E-state index < -0.39 is 23.3 Å². The van der Waals surface area contributed by atoms with Crippen LogP contribution in [-0.4, -0.2) is 28.9 Å². The van der Waals surface area contributed by atoms with Crippen LogP contribution in [0, 0.1) is 6.92 Å². The van der Waals surface area contributed by atoms with E-state index in [1.807, 2.05) is 0 Å². The van der Waals surface area contributed by atoms with E-state index >= 15 is 0 Å². The third kappa shape index (κ3) is 4.28. The number of hydrogen-bond acceptors (Lipinski definition) is 6. The van der Waals surface area contributed by atoms with E-state index in [2.05, 4.69) is 25.9 Å². The number of nitrogens with one attached hydrogen (secondary N) is 4. The zero-order valence-corrected chi connectivity index (χ0v) is 18.0. The van der Waals surface area contributed by atoms with Crippen LogP contribution in [0.3, 0.4) is 0 Å². The first-order valence-electron chi connectivity index (χ1n) is 9.77. The Morgan fingerprint density at radius 3 is 2.66 bits per heavy atom. The summed E-state index contributed by atoms with van der Waals surface area (Å²) in [6.07, 6.45) is -0.172. The predicted octanol–water partition coefficient (Wildman–Crippen LogP) is 3.55. The van der Waals surface area contributed by atoms with Gasteiger partial charge in [0.2, 0.25) is 17.8 Å². The maximum Gasteiger partial charge on any atom is 0.258 e. The number of benzene rings is 2. The van der Waals surface area contributed by atoms with Gasteiger partial charge in [-0.1, -0.05) is 17.7 Å². The van der Waals surface area contributed by atoms with Crippen LogP contribution in [0.2, 0.25) is 5.02 Å². The van der Waals surface area contributed by atoms with Gasteiger partial charge < -0.3 is 20.7 Å². The van der Waals surface area contributed by atoms with E-state index in [0.29, 0.717) is 27.7 Å². The summed E-state index contributed by atoms with van der Waals surface area (Å²) in [5.74, 6) is -1.04. The SMILES string of the molecule is COc1ccc(Nc2nc3c(c(=O)[nH]2)C(C(=O)Nc2cccc(Cl)c2C)CC(=O)N3)cc1. The first-order chi connectivity index (χ1) is 15.4. The van der Waals surface area contributed by atoms with Gasteiger partial charge in [-0.15, -0.1) is 0 Å². The highest BCUT2D eigenvalue weighted by atomic mass is 35.5. The molecule has 1 atom stereocenters. The minimum atomic E-state index is -0.997. The molecule has 0 saturated heterocycles. The average molecular weight is 454 g/mol. The number of anilines is 4. The molecular formula is C22H20ClN5O4. The van der Waals surface area contributed by atoms with Gasteiger partial charge in [0.1, 0.15) is 11.6 Å². The summed E-state index contributed by atoms with van der Waals surface area (Å²) in [5.41, 5.74) is 1.43. The number of H-pyrrole nitrogens is 1. The molecule has 0 radical (unpaired) electrons. The van der Waals surface area contributed by atoms with Crippen LogP contribution in [0.1, 0.15) is 23.5 Å². The lowest BCUT2D eigenvalue weighted by atomic mass is 9.92. The summed E-state index contributed by atoms with van der Waals surface area (Å²) in [6, 6.07) is 12.1. The molecule has 0 bridgehead atoms. The van der Waals surface area contributed by atoms with Gasteiger partial charge in [0, 0.05) is 22.8 Å². The van der Waals surface area contributed by atoms with Gasteiger partial charge >= 0.3 is 0 Å². The van der Waals surface area contributed by atoms with E-state index in [9.17, 15) is 14.4 Å². The smallest absolute Gasteiger partial charge is 0.258 e. The number of amides is 2. The van der Waals surface area contributed by atoms with Crippen LogP contribution in [0.15, 0.2) is 47.3 Å². The van der Waals surface area contributed by atoms with Gasteiger partial charge in [-0.2, -0.15) is 4.98 Å². The van der Waals surface area contributed by atoms with Crippen LogP contribution < -0.4 is 26.2 Å². The molecule has 0 saturated carbocycles. The molecule has 4 N–H and O–H groups in total. The van der Waals surface area contributed by atoms with Crippen molar-refractivity contribution in [2.24, 2.45) is 0 Å². The molecule has 9 nitrogen and oxygen atoms in total. The summed E-state index contributed by atoms with van der Waals surface area (Å²) in [4.78, 5) is 45.1. The molecule has 2 heterocycles. The Labute approximate surface area is 188 Å². The van der Waals surface area contributed by atoms with E-state index in [4.69, 9.17) is 16.3 Å². The molecule has 2 aromatic carbocycles. The maximum absolute atomic E-state index is 13.0. The third-order valence-corrected chi connectivity index (χ3v) is 5.56. The molecule has 1 unspecified atom stereocenters. The normalized spacial score (nSPS) is 14.8. The largest absolute Gasteiger partial charge is 0.497 e. The molecule has 0 spiro atoms. The fraction of sp³-hybridized carbons (Fsp3) is 0.182. The lowest BCUT2D eigenvalue weighted by Crippen LogP contribution is -2.36. The fourth-order valence-corrected chi connectivity index (χ4v) is 3.60. The average Bonchev–Trinajstić information content (AvgIpc) is 2.76. The summed E-state index contributed by atoms with van der Waals surface area (Å²) in [5, 5.41) is 8.81. The quantitative estimate of drug-likeness (QED) is 0.468. The van der Waals surface area contributed by atoms with Crippen molar-refractivity contribution in [2.45, 2.75) is 19.3 Å². The zero-order chi connectivity index (χ0) is 22.8. The molecule has 1 aliphatic heterocycles. The van der Waals surface area contributed by atoms with Gasteiger partial charge in [0.05, 0.1) is 18.6 Å². The summed E-state index contributed by atoms with van der Waals surface area (Å²) in [7, 11) is 1.56. The van der Waals surface area contributed by atoms with E-state index in [0.717, 1.165) is 0 Å². The minimum absolute atomic E-state index is 0.0453. The number of carbonyl (C=O) groups is 2. The van der Waals surface area contributed by atoms with Crippen molar-refractivity contribution in [3.05, 3.63) is 69.0 Å². The Bertz CT molecular complexity index is 1260. The van der Waals surface area contributed by atoms with Crippen molar-refractivity contribution in [3.8, 4) is 5.75 Å². The van der Waals surface area contributed by atoms with Crippen molar-refractivity contribution in [1.82, 2.24) is 9.97 Å². The zero-order valence-electron chi connectivity index (χ0n) is 17.3. The van der Waals surface area contributed by atoms with Crippen molar-refractivity contribution >= 4 is 46.6 Å². The monoisotopic (exact) mass is 453 g/mol. The summed E-state index contributed by atoms with van der Waals surface area (Å²) in [6.45, 7) is 1.77. The second-order valence-electron chi connectivity index (χ2n) is 7.24. The lowest BCUT2D eigenvalue weighted by Gasteiger charge is -2.24. The van der Waals surface area contributed by atoms with Crippen LogP contribution in [0.5, 0.6) is 5.75 Å². The fourth-order valence-electron chi connectivity index (χ4n) is 3.43.